The van der Waals surface area contributed by atoms with Crippen LogP contribution in [0.15, 0.2) is 30.3 Å². The van der Waals surface area contributed by atoms with Gasteiger partial charge in [0.2, 0.25) is 0 Å². The van der Waals surface area contributed by atoms with Crippen molar-refractivity contribution in [1.29, 1.82) is 0 Å². The predicted molar refractivity (Wildman–Crippen MR) is 149 cm³/mol. The van der Waals surface area contributed by atoms with Gasteiger partial charge in [0, 0.05) is 36.7 Å². The lowest BCUT2D eigenvalue weighted by Crippen LogP contribution is -2.82. The Hall–Kier alpha value is -3.01. The molecule has 2 heterocycles. The highest BCUT2D eigenvalue weighted by atomic mass is 16.5. The number of rotatable bonds is 3. The molecule has 1 spiro atoms. The van der Waals surface area contributed by atoms with Gasteiger partial charge in [-0.3, -0.25) is 9.69 Å². The van der Waals surface area contributed by atoms with Crippen LogP contribution in [0.25, 0.3) is 0 Å². The highest BCUT2D eigenvalue weighted by molar-refractivity contribution is 5.94. The molecule has 6 heteroatoms. The van der Waals surface area contributed by atoms with Crippen molar-refractivity contribution in [3.05, 3.63) is 58.1 Å². The quantitative estimate of drug-likeness (QED) is 0.595. The SMILES string of the molecule is Cc1ccc(C#CC(=O)N(C)[C@H]2CC[C@@]3(O)[C@H]4Cc5ccc(O)c6c5[C@@]3(CCN4CC3CC3)[C@@]2(C)O6)cc1C. The second-order valence-electron chi connectivity index (χ2n) is 12.9. The first-order chi connectivity index (χ1) is 18.6. The summed E-state index contributed by atoms with van der Waals surface area (Å²) in [5.41, 5.74) is 2.70. The van der Waals surface area contributed by atoms with Gasteiger partial charge < -0.3 is 19.8 Å². The highest BCUT2D eigenvalue weighted by Gasteiger charge is 2.78. The number of piperidine rings is 1. The summed E-state index contributed by atoms with van der Waals surface area (Å²) in [6.45, 7) is 8.09. The average Bonchev–Trinajstić information content (AvgIpc) is 3.67. The van der Waals surface area contributed by atoms with Crippen molar-refractivity contribution < 1.29 is 19.7 Å². The Morgan fingerprint density at radius 2 is 1.95 bits per heavy atom. The Kier molecular flexibility index (Phi) is 5.29. The van der Waals surface area contributed by atoms with E-state index < -0.39 is 16.6 Å². The minimum Gasteiger partial charge on any atom is -0.504 e. The fourth-order valence-electron chi connectivity index (χ4n) is 8.65. The molecule has 204 valence electrons. The number of hydrogen-bond donors (Lipinski definition) is 2. The summed E-state index contributed by atoms with van der Waals surface area (Å²) in [6, 6.07) is 9.44. The number of benzene rings is 2. The number of amides is 1. The Balaban J connectivity index is 1.28. The monoisotopic (exact) mass is 526 g/mol. The molecule has 2 N–H and O–H groups in total. The second kappa shape index (κ2) is 8.25. The Labute approximate surface area is 231 Å². The molecule has 2 aromatic rings. The van der Waals surface area contributed by atoms with Crippen molar-refractivity contribution >= 4 is 5.91 Å². The average molecular weight is 527 g/mol. The Morgan fingerprint density at radius 3 is 2.69 bits per heavy atom. The lowest BCUT2D eigenvalue weighted by Gasteiger charge is -2.67. The zero-order chi connectivity index (χ0) is 27.3. The minimum absolute atomic E-state index is 0.00398. The first-order valence-electron chi connectivity index (χ1n) is 14.5. The van der Waals surface area contributed by atoms with Gasteiger partial charge in [-0.15, -0.1) is 0 Å². The molecule has 2 saturated carbocycles. The van der Waals surface area contributed by atoms with Gasteiger partial charge in [-0.1, -0.05) is 18.1 Å². The number of hydrogen-bond acceptors (Lipinski definition) is 5. The van der Waals surface area contributed by atoms with Crippen LogP contribution in [0, 0.1) is 31.6 Å². The number of likely N-dealkylation sites (N-methyl/N-ethyl adjacent to an activating group) is 1. The summed E-state index contributed by atoms with van der Waals surface area (Å²) in [6.07, 6.45) is 5.24. The number of aryl methyl sites for hydroxylation is 2. The van der Waals surface area contributed by atoms with Gasteiger partial charge in [0.25, 0.3) is 5.91 Å². The van der Waals surface area contributed by atoms with Crippen LogP contribution in [0.2, 0.25) is 0 Å². The maximum Gasteiger partial charge on any atom is 0.298 e. The van der Waals surface area contributed by atoms with E-state index >= 15 is 0 Å². The molecular weight excluding hydrogens is 488 g/mol. The van der Waals surface area contributed by atoms with Crippen LogP contribution in [0.3, 0.4) is 0 Å². The maximum atomic E-state index is 13.5. The molecule has 0 unspecified atom stereocenters. The van der Waals surface area contributed by atoms with Crippen LogP contribution >= 0.6 is 0 Å². The lowest BCUT2D eigenvalue weighted by atomic mass is 9.44. The fourth-order valence-corrected chi connectivity index (χ4v) is 8.65. The second-order valence-corrected chi connectivity index (χ2v) is 12.9. The molecule has 7 rings (SSSR count). The summed E-state index contributed by atoms with van der Waals surface area (Å²) in [4.78, 5) is 17.8. The molecule has 5 aliphatic rings. The fraction of sp³-hybridized carbons (Fsp3) is 0.545. The number of aromatic hydroxyl groups is 1. The molecule has 2 aliphatic heterocycles. The third kappa shape index (κ3) is 3.27. The van der Waals surface area contributed by atoms with Crippen LogP contribution in [0.4, 0.5) is 0 Å². The van der Waals surface area contributed by atoms with Gasteiger partial charge in [-0.2, -0.15) is 0 Å². The molecule has 0 aromatic heterocycles. The largest absolute Gasteiger partial charge is 0.504 e. The zero-order valence-corrected chi connectivity index (χ0v) is 23.4. The first-order valence-corrected chi connectivity index (χ1v) is 14.5. The third-order valence-corrected chi connectivity index (χ3v) is 11.0. The number of carbonyl (C=O) groups is 1. The van der Waals surface area contributed by atoms with Crippen LogP contribution < -0.4 is 4.74 Å². The van der Waals surface area contributed by atoms with Gasteiger partial charge in [0.1, 0.15) is 5.60 Å². The zero-order valence-electron chi connectivity index (χ0n) is 23.4. The molecule has 1 saturated heterocycles. The van der Waals surface area contributed by atoms with E-state index in [2.05, 4.69) is 30.6 Å². The van der Waals surface area contributed by atoms with Gasteiger partial charge in [0.15, 0.2) is 11.5 Å². The lowest BCUT2D eigenvalue weighted by molar-refractivity contribution is -0.229. The van der Waals surface area contributed by atoms with Gasteiger partial charge in [-0.05, 0) is 107 Å². The van der Waals surface area contributed by atoms with E-state index in [9.17, 15) is 15.0 Å². The van der Waals surface area contributed by atoms with Crippen molar-refractivity contribution in [3.63, 3.8) is 0 Å². The molecule has 2 bridgehead atoms. The minimum atomic E-state index is -0.994. The van der Waals surface area contributed by atoms with Crippen LogP contribution in [0.5, 0.6) is 11.5 Å². The van der Waals surface area contributed by atoms with Gasteiger partial charge in [-0.25, -0.2) is 0 Å². The normalized spacial score (nSPS) is 34.0. The van der Waals surface area contributed by atoms with Crippen molar-refractivity contribution in [2.75, 3.05) is 20.1 Å². The van der Waals surface area contributed by atoms with E-state index in [-0.39, 0.29) is 23.7 Å². The standard InChI is InChI=1S/C33H38N2O4/c1-20-5-6-22(17-21(20)2)9-12-28(37)34(4)26-13-14-33(38)27-18-24-10-11-25(36)30-29(24)32(33,31(26,3)39-30)15-16-35(27)19-23-7-8-23/h5-6,10-11,17,23,26-27,36,38H,7-8,13-16,18-19H2,1-4H3/t26-,27+,31-,32-,33+/m0/s1. The summed E-state index contributed by atoms with van der Waals surface area (Å²) in [7, 11) is 1.81. The molecular formula is C33H38N2O4. The summed E-state index contributed by atoms with van der Waals surface area (Å²) < 4.78 is 6.80. The van der Waals surface area contributed by atoms with Crippen molar-refractivity contribution in [3.8, 4) is 23.3 Å². The van der Waals surface area contributed by atoms with Gasteiger partial charge >= 0.3 is 0 Å². The molecule has 3 fully saturated rings. The molecule has 1 amide bonds. The van der Waals surface area contributed by atoms with E-state index in [0.29, 0.717) is 18.6 Å². The number of phenolic OH excluding ortho intramolecular Hbond substituents is 1. The molecule has 0 radical (unpaired) electrons. The predicted octanol–water partition coefficient (Wildman–Crippen LogP) is 3.84. The van der Waals surface area contributed by atoms with Crippen molar-refractivity contribution in [2.45, 2.75) is 88.0 Å². The molecule has 5 atom stereocenters. The summed E-state index contributed by atoms with van der Waals surface area (Å²) >= 11 is 0. The van der Waals surface area contributed by atoms with E-state index in [1.165, 1.54) is 18.4 Å². The van der Waals surface area contributed by atoms with Crippen molar-refractivity contribution in [1.82, 2.24) is 9.80 Å². The van der Waals surface area contributed by atoms with E-state index in [0.717, 1.165) is 54.1 Å². The van der Waals surface area contributed by atoms with E-state index in [1.54, 1.807) is 11.0 Å². The van der Waals surface area contributed by atoms with Crippen molar-refractivity contribution in [2.24, 2.45) is 5.92 Å². The Bertz CT molecular complexity index is 1450. The number of ether oxygens (including phenoxy) is 1. The van der Waals surface area contributed by atoms with E-state index in [1.807, 2.05) is 38.2 Å². The van der Waals surface area contributed by atoms with Crippen LogP contribution in [0.1, 0.15) is 66.8 Å². The smallest absolute Gasteiger partial charge is 0.298 e. The number of likely N-dealkylation sites (tertiary alicyclic amines) is 1. The van der Waals surface area contributed by atoms with E-state index in [4.69, 9.17) is 4.74 Å². The molecule has 3 aliphatic carbocycles. The summed E-state index contributed by atoms with van der Waals surface area (Å²) in [5.74, 6) is 7.02. The Morgan fingerprint density at radius 1 is 1.15 bits per heavy atom. The topological polar surface area (TPSA) is 73.2 Å². The molecule has 6 nitrogen and oxygen atoms in total. The molecule has 2 aromatic carbocycles. The number of nitrogens with zero attached hydrogens (tertiary/aromatic N) is 2. The first kappa shape index (κ1) is 25.0. The van der Waals surface area contributed by atoms with Gasteiger partial charge in [0.05, 0.1) is 17.1 Å². The van der Waals surface area contributed by atoms with Crippen LogP contribution in [-0.4, -0.2) is 69.3 Å². The third-order valence-electron chi connectivity index (χ3n) is 11.0. The summed E-state index contributed by atoms with van der Waals surface area (Å²) in [5, 5.41) is 23.7. The number of phenols is 1. The number of carbonyl (C=O) groups excluding carboxylic acids is 1. The maximum absolute atomic E-state index is 13.5. The number of aliphatic hydroxyl groups is 1. The highest BCUT2D eigenvalue weighted by Crippen LogP contribution is 2.69. The van der Waals surface area contributed by atoms with Crippen LogP contribution in [-0.2, 0) is 16.6 Å². The molecule has 39 heavy (non-hydrogen) atoms.